The number of alkyl halides is 1. The SMILES string of the molecule is CCCOCCOC1CC(Cl)C12CCCCCC2. The average molecular weight is 275 g/mol. The van der Waals surface area contributed by atoms with Crippen LogP contribution in [0.25, 0.3) is 0 Å². The molecular formula is C15H27ClO2. The van der Waals surface area contributed by atoms with Crippen molar-refractivity contribution >= 4 is 11.6 Å². The molecule has 0 radical (unpaired) electrons. The van der Waals surface area contributed by atoms with Gasteiger partial charge in [-0.1, -0.05) is 32.6 Å². The lowest BCUT2D eigenvalue weighted by molar-refractivity contribution is -0.125. The van der Waals surface area contributed by atoms with E-state index in [4.69, 9.17) is 21.1 Å². The molecular weight excluding hydrogens is 248 g/mol. The van der Waals surface area contributed by atoms with Crippen LogP contribution in [0.2, 0.25) is 0 Å². The molecule has 2 rings (SSSR count). The number of rotatable bonds is 6. The van der Waals surface area contributed by atoms with Gasteiger partial charge in [0.1, 0.15) is 0 Å². The Labute approximate surface area is 116 Å². The van der Waals surface area contributed by atoms with Crippen LogP contribution in [0.15, 0.2) is 0 Å². The first-order valence-corrected chi connectivity index (χ1v) is 8.06. The fourth-order valence-corrected chi connectivity index (χ4v) is 3.97. The molecule has 0 saturated heterocycles. The highest BCUT2D eigenvalue weighted by molar-refractivity contribution is 6.21. The number of hydrogen-bond donors (Lipinski definition) is 0. The van der Waals surface area contributed by atoms with E-state index >= 15 is 0 Å². The number of halogens is 1. The molecule has 0 bridgehead atoms. The van der Waals surface area contributed by atoms with Crippen molar-refractivity contribution in [2.45, 2.75) is 69.8 Å². The summed E-state index contributed by atoms with van der Waals surface area (Å²) in [7, 11) is 0. The van der Waals surface area contributed by atoms with Crippen LogP contribution >= 0.6 is 11.6 Å². The minimum absolute atomic E-state index is 0.294. The van der Waals surface area contributed by atoms with E-state index in [9.17, 15) is 0 Å². The Kier molecular flexibility index (Phi) is 5.78. The van der Waals surface area contributed by atoms with Gasteiger partial charge in [0.05, 0.1) is 19.3 Å². The lowest BCUT2D eigenvalue weighted by Gasteiger charge is -2.53. The molecule has 106 valence electrons. The van der Waals surface area contributed by atoms with Gasteiger partial charge < -0.3 is 9.47 Å². The van der Waals surface area contributed by atoms with Gasteiger partial charge >= 0.3 is 0 Å². The Morgan fingerprint density at radius 3 is 2.39 bits per heavy atom. The normalized spacial score (nSPS) is 31.0. The van der Waals surface area contributed by atoms with E-state index in [-0.39, 0.29) is 0 Å². The Balaban J connectivity index is 1.74. The van der Waals surface area contributed by atoms with Crippen molar-refractivity contribution in [3.05, 3.63) is 0 Å². The van der Waals surface area contributed by atoms with E-state index in [1.165, 1.54) is 38.5 Å². The van der Waals surface area contributed by atoms with E-state index < -0.39 is 0 Å². The van der Waals surface area contributed by atoms with E-state index in [0.717, 1.165) is 32.7 Å². The van der Waals surface area contributed by atoms with Crippen LogP contribution in [0, 0.1) is 5.41 Å². The highest BCUT2D eigenvalue weighted by Gasteiger charge is 2.54. The number of ether oxygens (including phenoxy) is 2. The Hall–Kier alpha value is 0.210. The maximum Gasteiger partial charge on any atom is 0.0704 e. The van der Waals surface area contributed by atoms with Crippen molar-refractivity contribution in [1.29, 1.82) is 0 Å². The molecule has 0 N–H and O–H groups in total. The predicted octanol–water partition coefficient (Wildman–Crippen LogP) is 4.15. The van der Waals surface area contributed by atoms with Gasteiger partial charge in [0.2, 0.25) is 0 Å². The van der Waals surface area contributed by atoms with Crippen LogP contribution in [0.4, 0.5) is 0 Å². The van der Waals surface area contributed by atoms with Gasteiger partial charge in [0, 0.05) is 17.4 Å². The summed E-state index contributed by atoms with van der Waals surface area (Å²) in [6.07, 6.45) is 10.4. The van der Waals surface area contributed by atoms with E-state index in [0.29, 0.717) is 16.9 Å². The van der Waals surface area contributed by atoms with Crippen molar-refractivity contribution in [3.8, 4) is 0 Å². The molecule has 0 aromatic carbocycles. The molecule has 0 heterocycles. The van der Waals surface area contributed by atoms with Gasteiger partial charge in [-0.15, -0.1) is 11.6 Å². The summed E-state index contributed by atoms with van der Waals surface area (Å²) in [4.78, 5) is 0. The first-order valence-electron chi connectivity index (χ1n) is 7.63. The zero-order chi connectivity index (χ0) is 12.8. The minimum atomic E-state index is 0.294. The Bertz CT molecular complexity index is 237. The zero-order valence-electron chi connectivity index (χ0n) is 11.6. The Morgan fingerprint density at radius 1 is 1.06 bits per heavy atom. The second-order valence-corrected chi connectivity index (χ2v) is 6.35. The third kappa shape index (κ3) is 3.20. The summed E-state index contributed by atoms with van der Waals surface area (Å²) in [5.74, 6) is 0. The largest absolute Gasteiger partial charge is 0.379 e. The first kappa shape index (κ1) is 14.6. The van der Waals surface area contributed by atoms with Gasteiger partial charge in [0.15, 0.2) is 0 Å². The molecule has 3 heteroatoms. The molecule has 2 fully saturated rings. The third-order valence-corrected chi connectivity index (χ3v) is 5.23. The highest BCUT2D eigenvalue weighted by atomic mass is 35.5. The minimum Gasteiger partial charge on any atom is -0.379 e. The van der Waals surface area contributed by atoms with Crippen LogP contribution in [0.1, 0.15) is 58.3 Å². The van der Waals surface area contributed by atoms with Crippen LogP contribution in [0.3, 0.4) is 0 Å². The van der Waals surface area contributed by atoms with Crippen LogP contribution < -0.4 is 0 Å². The molecule has 0 aromatic heterocycles. The summed E-state index contributed by atoms with van der Waals surface area (Å²) in [6, 6.07) is 0. The lowest BCUT2D eigenvalue weighted by Crippen LogP contribution is -2.55. The van der Waals surface area contributed by atoms with Crippen LogP contribution in [-0.4, -0.2) is 31.3 Å². The summed E-state index contributed by atoms with van der Waals surface area (Å²) in [5.41, 5.74) is 0.294. The van der Waals surface area contributed by atoms with Crippen molar-refractivity contribution < 1.29 is 9.47 Å². The summed E-state index contributed by atoms with van der Waals surface area (Å²) in [6.45, 7) is 4.44. The quantitative estimate of drug-likeness (QED) is 0.535. The van der Waals surface area contributed by atoms with Crippen molar-refractivity contribution in [1.82, 2.24) is 0 Å². The fraction of sp³-hybridized carbons (Fsp3) is 1.00. The topological polar surface area (TPSA) is 18.5 Å². The highest BCUT2D eigenvalue weighted by Crippen LogP contribution is 2.54. The zero-order valence-corrected chi connectivity index (χ0v) is 12.4. The van der Waals surface area contributed by atoms with E-state index in [1.54, 1.807) is 0 Å². The molecule has 1 spiro atoms. The fourth-order valence-electron chi connectivity index (χ4n) is 3.45. The first-order chi connectivity index (χ1) is 8.79. The second kappa shape index (κ2) is 7.12. The van der Waals surface area contributed by atoms with Crippen LogP contribution in [-0.2, 0) is 9.47 Å². The Morgan fingerprint density at radius 2 is 1.78 bits per heavy atom. The van der Waals surface area contributed by atoms with E-state index in [1.807, 2.05) is 0 Å². The second-order valence-electron chi connectivity index (χ2n) is 5.82. The van der Waals surface area contributed by atoms with Gasteiger partial charge in [0.25, 0.3) is 0 Å². The third-order valence-electron chi connectivity index (χ3n) is 4.62. The molecule has 0 aromatic rings. The maximum atomic E-state index is 6.50. The van der Waals surface area contributed by atoms with Gasteiger partial charge in [-0.2, -0.15) is 0 Å². The molecule has 2 nitrogen and oxygen atoms in total. The molecule has 2 saturated carbocycles. The predicted molar refractivity (Wildman–Crippen MR) is 75.2 cm³/mol. The summed E-state index contributed by atoms with van der Waals surface area (Å²) < 4.78 is 11.5. The van der Waals surface area contributed by atoms with Crippen LogP contribution in [0.5, 0.6) is 0 Å². The smallest absolute Gasteiger partial charge is 0.0704 e. The van der Waals surface area contributed by atoms with Gasteiger partial charge in [-0.05, 0) is 25.7 Å². The standard InChI is InChI=1S/C15H27ClO2/c1-2-9-17-10-11-18-14-12-13(16)15(14)7-5-3-4-6-8-15/h13-14H,2-12H2,1H3. The average Bonchev–Trinajstić information content (AvgIpc) is 2.65. The van der Waals surface area contributed by atoms with Crippen molar-refractivity contribution in [2.75, 3.05) is 19.8 Å². The molecule has 2 atom stereocenters. The molecule has 18 heavy (non-hydrogen) atoms. The summed E-state index contributed by atoms with van der Waals surface area (Å²) in [5, 5.41) is 0.345. The number of hydrogen-bond acceptors (Lipinski definition) is 2. The molecule has 2 aliphatic rings. The van der Waals surface area contributed by atoms with Gasteiger partial charge in [-0.3, -0.25) is 0 Å². The molecule has 0 amide bonds. The lowest BCUT2D eigenvalue weighted by atomic mass is 9.61. The van der Waals surface area contributed by atoms with Crippen molar-refractivity contribution in [3.63, 3.8) is 0 Å². The summed E-state index contributed by atoms with van der Waals surface area (Å²) >= 11 is 6.50. The molecule has 2 aliphatic carbocycles. The van der Waals surface area contributed by atoms with Gasteiger partial charge in [-0.25, -0.2) is 0 Å². The molecule has 2 unspecified atom stereocenters. The van der Waals surface area contributed by atoms with Crippen molar-refractivity contribution in [2.24, 2.45) is 5.41 Å². The van der Waals surface area contributed by atoms with E-state index in [2.05, 4.69) is 6.92 Å². The maximum absolute atomic E-state index is 6.50. The molecule has 0 aliphatic heterocycles. The monoisotopic (exact) mass is 274 g/mol.